The van der Waals surface area contributed by atoms with Gasteiger partial charge in [-0.05, 0) is 22.4 Å². The summed E-state index contributed by atoms with van der Waals surface area (Å²) in [6.45, 7) is 0.257. The average Bonchev–Trinajstić information content (AvgIpc) is 2.68. The number of aryl methyl sites for hydroxylation is 1. The molecule has 0 aliphatic heterocycles. The number of hydrogen-bond acceptors (Lipinski definition) is 6. The van der Waals surface area contributed by atoms with E-state index in [4.69, 9.17) is 15.9 Å². The number of fused-ring (bicyclic) bond motifs is 1. The highest BCUT2D eigenvalue weighted by atomic mass is 79.9. The number of aliphatic hydroxyl groups excluding tert-OH is 2. The largest absolute Gasteiger partial charge is 0.396 e. The smallest absolute Gasteiger partial charge is 0.280 e. The summed E-state index contributed by atoms with van der Waals surface area (Å²) in [5.74, 6) is -0.198. The minimum atomic E-state index is -0.400. The Kier molecular flexibility index (Phi) is 4.17. The molecule has 0 amide bonds. The van der Waals surface area contributed by atoms with Crippen molar-refractivity contribution in [3.05, 3.63) is 15.1 Å². The summed E-state index contributed by atoms with van der Waals surface area (Å²) in [5.41, 5.74) is 5.69. The summed E-state index contributed by atoms with van der Waals surface area (Å²) >= 11 is 3.26. The third-order valence-corrected chi connectivity index (χ3v) is 3.46. The number of nitrogens with two attached hydrogens (primary N) is 1. The molecule has 2 aromatic rings. The van der Waals surface area contributed by atoms with Crippen LogP contribution in [-0.2, 0) is 6.54 Å². The topological polar surface area (TPSA) is 130 Å². The zero-order valence-electron chi connectivity index (χ0n) is 10.0. The lowest BCUT2D eigenvalue weighted by Gasteiger charge is -2.11. The molecule has 2 aromatic heterocycles. The van der Waals surface area contributed by atoms with E-state index in [0.29, 0.717) is 23.3 Å². The summed E-state index contributed by atoms with van der Waals surface area (Å²) in [4.78, 5) is 22.2. The van der Waals surface area contributed by atoms with Gasteiger partial charge in [-0.1, -0.05) is 0 Å². The van der Waals surface area contributed by atoms with Gasteiger partial charge < -0.3 is 20.5 Å². The Morgan fingerprint density at radius 3 is 2.68 bits per heavy atom. The van der Waals surface area contributed by atoms with E-state index in [0.717, 1.165) is 0 Å². The maximum Gasteiger partial charge on any atom is 0.280 e. The molecule has 0 fully saturated rings. The Bertz CT molecular complexity index is 634. The molecule has 0 aliphatic rings. The van der Waals surface area contributed by atoms with E-state index in [1.165, 1.54) is 0 Å². The van der Waals surface area contributed by atoms with Crippen molar-refractivity contribution in [2.75, 3.05) is 18.9 Å². The summed E-state index contributed by atoms with van der Waals surface area (Å²) in [7, 11) is 0. The summed E-state index contributed by atoms with van der Waals surface area (Å²) < 4.78 is 2.14. The first-order valence-electron chi connectivity index (χ1n) is 5.70. The van der Waals surface area contributed by atoms with Crippen molar-refractivity contribution >= 4 is 33.0 Å². The SMILES string of the molecule is Nc1nc2c(nc(Br)n2CCC(CO)CO)c(=O)[nH]1. The fraction of sp³-hybridized carbons (Fsp3) is 0.500. The molecule has 9 heteroatoms. The molecule has 0 spiro atoms. The first-order valence-corrected chi connectivity index (χ1v) is 6.49. The van der Waals surface area contributed by atoms with Crippen molar-refractivity contribution in [3.8, 4) is 0 Å². The van der Waals surface area contributed by atoms with E-state index < -0.39 is 5.56 Å². The number of H-pyrrole nitrogens is 1. The first kappa shape index (κ1) is 14.0. The fourth-order valence-corrected chi connectivity index (χ4v) is 2.27. The molecule has 0 bridgehead atoms. The van der Waals surface area contributed by atoms with Crippen molar-refractivity contribution in [3.63, 3.8) is 0 Å². The van der Waals surface area contributed by atoms with Crippen molar-refractivity contribution < 1.29 is 10.2 Å². The molecule has 8 nitrogen and oxygen atoms in total. The second kappa shape index (κ2) is 5.68. The van der Waals surface area contributed by atoms with E-state index in [2.05, 4.69) is 30.9 Å². The molecule has 19 heavy (non-hydrogen) atoms. The lowest BCUT2D eigenvalue weighted by molar-refractivity contribution is 0.140. The predicted molar refractivity (Wildman–Crippen MR) is 72.5 cm³/mol. The number of nitrogen functional groups attached to an aromatic ring is 1. The zero-order chi connectivity index (χ0) is 14.0. The number of imidazole rings is 1. The normalized spacial score (nSPS) is 11.6. The number of halogens is 1. The molecule has 2 heterocycles. The summed E-state index contributed by atoms with van der Waals surface area (Å²) in [6.07, 6.45) is 0.533. The van der Waals surface area contributed by atoms with Crippen LogP contribution < -0.4 is 11.3 Å². The van der Waals surface area contributed by atoms with Crippen LogP contribution in [0.3, 0.4) is 0 Å². The van der Waals surface area contributed by atoms with Gasteiger partial charge in [-0.2, -0.15) is 4.98 Å². The number of nitrogens with zero attached hydrogens (tertiary/aromatic N) is 3. The van der Waals surface area contributed by atoms with Crippen LogP contribution in [-0.4, -0.2) is 42.9 Å². The van der Waals surface area contributed by atoms with Crippen LogP contribution in [0.4, 0.5) is 5.95 Å². The average molecular weight is 332 g/mol. The molecule has 0 aromatic carbocycles. The van der Waals surface area contributed by atoms with Gasteiger partial charge in [0.15, 0.2) is 15.9 Å². The number of aromatic amines is 1. The Balaban J connectivity index is 2.37. The molecule has 0 radical (unpaired) electrons. The molecular formula is C10H14BrN5O3. The number of aromatic nitrogens is 4. The Morgan fingerprint density at radius 2 is 2.05 bits per heavy atom. The van der Waals surface area contributed by atoms with Crippen molar-refractivity contribution in [2.24, 2.45) is 5.92 Å². The zero-order valence-corrected chi connectivity index (χ0v) is 11.6. The summed E-state index contributed by atoms with van der Waals surface area (Å²) in [5, 5.41) is 18.1. The fourth-order valence-electron chi connectivity index (χ4n) is 1.75. The molecule has 5 N–H and O–H groups in total. The highest BCUT2D eigenvalue weighted by Crippen LogP contribution is 2.18. The van der Waals surface area contributed by atoms with E-state index in [-0.39, 0.29) is 30.6 Å². The lowest BCUT2D eigenvalue weighted by atomic mass is 10.1. The molecule has 0 saturated heterocycles. The van der Waals surface area contributed by atoms with Crippen LogP contribution in [0, 0.1) is 5.92 Å². The molecule has 0 aliphatic carbocycles. The number of aliphatic hydroxyl groups is 2. The number of hydrogen-bond donors (Lipinski definition) is 4. The van der Waals surface area contributed by atoms with Gasteiger partial charge in [-0.25, -0.2) is 4.98 Å². The van der Waals surface area contributed by atoms with Crippen molar-refractivity contribution in [2.45, 2.75) is 13.0 Å². The van der Waals surface area contributed by atoms with Gasteiger partial charge in [-0.15, -0.1) is 0 Å². The molecule has 2 rings (SSSR count). The van der Waals surface area contributed by atoms with E-state index in [9.17, 15) is 4.79 Å². The minimum absolute atomic E-state index is 0.0204. The van der Waals surface area contributed by atoms with Crippen molar-refractivity contribution in [1.29, 1.82) is 0 Å². The van der Waals surface area contributed by atoms with Crippen LogP contribution in [0.5, 0.6) is 0 Å². The number of rotatable bonds is 5. The molecule has 0 atom stereocenters. The Labute approximate surface area is 116 Å². The maximum atomic E-state index is 11.7. The predicted octanol–water partition coefficient (Wildman–Crippen LogP) is -0.545. The van der Waals surface area contributed by atoms with Gasteiger partial charge in [0.2, 0.25) is 5.95 Å². The van der Waals surface area contributed by atoms with Gasteiger partial charge in [0.25, 0.3) is 5.56 Å². The monoisotopic (exact) mass is 331 g/mol. The number of nitrogens with one attached hydrogen (secondary N) is 1. The van der Waals surface area contributed by atoms with Crippen LogP contribution in [0.25, 0.3) is 11.2 Å². The van der Waals surface area contributed by atoms with Crippen LogP contribution in [0.2, 0.25) is 0 Å². The van der Waals surface area contributed by atoms with Crippen molar-refractivity contribution in [1.82, 2.24) is 19.5 Å². The van der Waals surface area contributed by atoms with Gasteiger partial charge >= 0.3 is 0 Å². The second-order valence-corrected chi connectivity index (χ2v) is 4.88. The van der Waals surface area contributed by atoms with Gasteiger partial charge in [0, 0.05) is 25.7 Å². The van der Waals surface area contributed by atoms with Gasteiger partial charge in [0.05, 0.1) is 0 Å². The van der Waals surface area contributed by atoms with Crippen LogP contribution >= 0.6 is 15.9 Å². The maximum absolute atomic E-state index is 11.7. The standard InChI is InChI=1S/C10H14BrN5O3/c11-9-13-6-7(14-10(12)15-8(6)19)16(9)2-1-5(3-17)4-18/h5,17-18H,1-4H2,(H3,12,14,15,19). The van der Waals surface area contributed by atoms with Crippen LogP contribution in [0.1, 0.15) is 6.42 Å². The third kappa shape index (κ3) is 2.77. The third-order valence-electron chi connectivity index (χ3n) is 2.85. The Hall–Kier alpha value is -1.45. The lowest BCUT2D eigenvalue weighted by Crippen LogP contribution is -2.15. The highest BCUT2D eigenvalue weighted by molar-refractivity contribution is 9.10. The molecular weight excluding hydrogens is 318 g/mol. The van der Waals surface area contributed by atoms with Gasteiger partial charge in [-0.3, -0.25) is 9.78 Å². The molecule has 104 valence electrons. The first-order chi connectivity index (χ1) is 9.06. The minimum Gasteiger partial charge on any atom is -0.396 e. The summed E-state index contributed by atoms with van der Waals surface area (Å²) in [6, 6.07) is 0. The Morgan fingerprint density at radius 1 is 1.37 bits per heavy atom. The van der Waals surface area contributed by atoms with E-state index in [1.54, 1.807) is 4.57 Å². The van der Waals surface area contributed by atoms with E-state index >= 15 is 0 Å². The number of anilines is 1. The quantitative estimate of drug-likeness (QED) is 0.544. The van der Waals surface area contributed by atoms with Crippen LogP contribution in [0.15, 0.2) is 9.53 Å². The van der Waals surface area contributed by atoms with Gasteiger partial charge in [0.1, 0.15) is 0 Å². The highest BCUT2D eigenvalue weighted by Gasteiger charge is 2.15. The van der Waals surface area contributed by atoms with E-state index in [1.807, 2.05) is 0 Å². The second-order valence-electron chi connectivity index (χ2n) is 4.18. The molecule has 0 saturated carbocycles. The molecule has 0 unspecified atom stereocenters.